The van der Waals surface area contributed by atoms with Crippen LogP contribution in [0.5, 0.6) is 0 Å². The van der Waals surface area contributed by atoms with Crippen molar-refractivity contribution < 1.29 is 8.78 Å². The van der Waals surface area contributed by atoms with Crippen molar-refractivity contribution in [2.45, 2.75) is 26.6 Å². The van der Waals surface area contributed by atoms with Crippen molar-refractivity contribution in [2.24, 2.45) is 0 Å². The highest BCUT2D eigenvalue weighted by molar-refractivity contribution is 7.09. The summed E-state index contributed by atoms with van der Waals surface area (Å²) in [5.74, 6) is 0.327. The smallest absolute Gasteiger partial charge is 0.303 e. The van der Waals surface area contributed by atoms with Crippen LogP contribution in [0, 0.1) is 6.92 Å². The lowest BCUT2D eigenvalue weighted by Gasteiger charge is -2.06. The lowest BCUT2D eigenvalue weighted by molar-refractivity contribution is 0.0666. The Bertz CT molecular complexity index is 480. The topological polar surface area (TPSA) is 42.7 Å². The Kier molecular flexibility index (Phi) is 3.80. The van der Waals surface area contributed by atoms with Gasteiger partial charge in [-0.15, -0.1) is 11.3 Å². The van der Waals surface area contributed by atoms with Crippen LogP contribution >= 0.6 is 11.3 Å². The maximum Gasteiger partial charge on any atom is 0.319 e. The Labute approximate surface area is 101 Å². The van der Waals surface area contributed by atoms with Crippen LogP contribution in [0.15, 0.2) is 17.8 Å². The molecular formula is C10H12F2N4S. The van der Waals surface area contributed by atoms with Crippen molar-refractivity contribution in [1.29, 1.82) is 0 Å². The lowest BCUT2D eigenvalue weighted by atomic mass is 10.5. The van der Waals surface area contributed by atoms with Crippen LogP contribution in [0.25, 0.3) is 0 Å². The fourth-order valence-electron chi connectivity index (χ4n) is 1.42. The molecule has 92 valence electrons. The first-order chi connectivity index (χ1) is 8.16. The Hall–Kier alpha value is -1.34. The SMILES string of the molecule is Cc1csc(CNCc2nccn2C(F)F)n1. The number of thiazole rings is 1. The van der Waals surface area contributed by atoms with Gasteiger partial charge in [0.2, 0.25) is 0 Å². The standard InChI is InChI=1S/C10H12F2N4S/c1-7-6-17-9(15-7)5-13-4-8-14-2-3-16(8)10(11)12/h2-3,6,10,13H,4-5H2,1H3. The van der Waals surface area contributed by atoms with Crippen LogP contribution in [-0.4, -0.2) is 14.5 Å². The maximum atomic E-state index is 12.5. The number of halogens is 2. The molecule has 0 aliphatic carbocycles. The zero-order valence-corrected chi connectivity index (χ0v) is 10.0. The Morgan fingerprint density at radius 3 is 2.94 bits per heavy atom. The molecule has 2 aromatic heterocycles. The Morgan fingerprint density at radius 1 is 1.47 bits per heavy atom. The summed E-state index contributed by atoms with van der Waals surface area (Å²) in [6.07, 6.45) is 2.64. The summed E-state index contributed by atoms with van der Waals surface area (Å²) in [7, 11) is 0. The molecule has 0 amide bonds. The molecule has 2 heterocycles. The number of imidazole rings is 1. The highest BCUT2D eigenvalue weighted by Gasteiger charge is 2.10. The first-order valence-electron chi connectivity index (χ1n) is 5.08. The maximum absolute atomic E-state index is 12.5. The minimum Gasteiger partial charge on any atom is -0.303 e. The molecule has 0 aromatic carbocycles. The summed E-state index contributed by atoms with van der Waals surface area (Å²) in [4.78, 5) is 8.15. The number of hydrogen-bond donors (Lipinski definition) is 1. The molecule has 0 aliphatic heterocycles. The van der Waals surface area contributed by atoms with E-state index in [0.29, 0.717) is 18.9 Å². The van der Waals surface area contributed by atoms with E-state index in [1.165, 1.54) is 12.4 Å². The average Bonchev–Trinajstić information content (AvgIpc) is 2.87. The summed E-state index contributed by atoms with van der Waals surface area (Å²) in [5, 5.41) is 5.94. The fraction of sp³-hybridized carbons (Fsp3) is 0.400. The molecule has 0 radical (unpaired) electrons. The van der Waals surface area contributed by atoms with E-state index in [1.807, 2.05) is 12.3 Å². The summed E-state index contributed by atoms with van der Waals surface area (Å²) in [6.45, 7) is 0.241. The van der Waals surface area contributed by atoms with Gasteiger partial charge in [0.15, 0.2) is 0 Å². The number of nitrogens with one attached hydrogen (secondary N) is 1. The minimum absolute atomic E-state index is 0.302. The van der Waals surface area contributed by atoms with Gasteiger partial charge >= 0.3 is 6.55 Å². The number of rotatable bonds is 5. The molecule has 1 N–H and O–H groups in total. The first-order valence-corrected chi connectivity index (χ1v) is 5.96. The van der Waals surface area contributed by atoms with Gasteiger partial charge in [-0.1, -0.05) is 0 Å². The third kappa shape index (κ3) is 3.07. The molecule has 2 aromatic rings. The summed E-state index contributed by atoms with van der Waals surface area (Å²) >= 11 is 1.55. The van der Waals surface area contributed by atoms with Crippen molar-refractivity contribution in [3.63, 3.8) is 0 Å². The van der Waals surface area contributed by atoms with Crippen molar-refractivity contribution in [3.05, 3.63) is 34.3 Å². The van der Waals surface area contributed by atoms with Crippen LogP contribution < -0.4 is 5.32 Å². The molecular weight excluding hydrogens is 246 g/mol. The largest absolute Gasteiger partial charge is 0.319 e. The number of alkyl halides is 2. The van der Waals surface area contributed by atoms with Gasteiger partial charge in [-0.05, 0) is 6.92 Å². The van der Waals surface area contributed by atoms with E-state index >= 15 is 0 Å². The normalized spacial score (nSPS) is 11.3. The van der Waals surface area contributed by atoms with Gasteiger partial charge in [-0.2, -0.15) is 8.78 Å². The number of aromatic nitrogens is 3. The van der Waals surface area contributed by atoms with Gasteiger partial charge in [-0.25, -0.2) is 9.97 Å². The van der Waals surface area contributed by atoms with E-state index < -0.39 is 6.55 Å². The van der Waals surface area contributed by atoms with Gasteiger partial charge in [0.05, 0.1) is 6.54 Å². The average molecular weight is 258 g/mol. The van der Waals surface area contributed by atoms with Gasteiger partial charge < -0.3 is 5.32 Å². The van der Waals surface area contributed by atoms with Crippen molar-refractivity contribution in [2.75, 3.05) is 0 Å². The van der Waals surface area contributed by atoms with Crippen LogP contribution in [0.3, 0.4) is 0 Å². The van der Waals surface area contributed by atoms with E-state index in [4.69, 9.17) is 0 Å². The third-order valence-electron chi connectivity index (χ3n) is 2.19. The van der Waals surface area contributed by atoms with E-state index in [2.05, 4.69) is 15.3 Å². The third-order valence-corrected chi connectivity index (χ3v) is 3.15. The quantitative estimate of drug-likeness (QED) is 0.895. The van der Waals surface area contributed by atoms with E-state index in [-0.39, 0.29) is 0 Å². The second-order valence-electron chi connectivity index (χ2n) is 3.51. The second-order valence-corrected chi connectivity index (χ2v) is 4.46. The molecule has 0 saturated carbocycles. The molecule has 7 heteroatoms. The summed E-state index contributed by atoms with van der Waals surface area (Å²) in [5.41, 5.74) is 0.973. The number of hydrogen-bond acceptors (Lipinski definition) is 4. The minimum atomic E-state index is -2.54. The number of nitrogens with zero attached hydrogens (tertiary/aromatic N) is 3. The molecule has 2 rings (SSSR count). The number of aryl methyl sites for hydroxylation is 1. The highest BCUT2D eigenvalue weighted by atomic mass is 32.1. The van der Waals surface area contributed by atoms with Crippen LogP contribution in [0.2, 0.25) is 0 Å². The predicted octanol–water partition coefficient (Wildman–Crippen LogP) is 2.33. The molecule has 0 unspecified atom stereocenters. The molecule has 0 spiro atoms. The fourth-order valence-corrected chi connectivity index (χ4v) is 2.17. The van der Waals surface area contributed by atoms with E-state index in [0.717, 1.165) is 15.3 Å². The van der Waals surface area contributed by atoms with Crippen molar-refractivity contribution >= 4 is 11.3 Å². The molecule has 0 saturated heterocycles. The van der Waals surface area contributed by atoms with E-state index in [1.54, 1.807) is 11.3 Å². The second kappa shape index (κ2) is 5.33. The Balaban J connectivity index is 1.88. The van der Waals surface area contributed by atoms with Crippen LogP contribution in [0.4, 0.5) is 8.78 Å². The summed E-state index contributed by atoms with van der Waals surface area (Å²) < 4.78 is 25.8. The molecule has 0 fully saturated rings. The summed E-state index contributed by atoms with van der Waals surface area (Å²) in [6, 6.07) is 0. The van der Waals surface area contributed by atoms with Crippen molar-refractivity contribution in [3.8, 4) is 0 Å². The van der Waals surface area contributed by atoms with Crippen molar-refractivity contribution in [1.82, 2.24) is 19.9 Å². The van der Waals surface area contributed by atoms with Gasteiger partial charge in [0.1, 0.15) is 10.8 Å². The van der Waals surface area contributed by atoms with Gasteiger partial charge in [-0.3, -0.25) is 4.57 Å². The van der Waals surface area contributed by atoms with Crippen LogP contribution in [0.1, 0.15) is 23.1 Å². The molecule has 0 atom stereocenters. The Morgan fingerprint density at radius 2 is 2.29 bits per heavy atom. The van der Waals surface area contributed by atoms with Gasteiger partial charge in [0, 0.05) is 30.0 Å². The van der Waals surface area contributed by atoms with Crippen LogP contribution in [-0.2, 0) is 13.1 Å². The molecule has 17 heavy (non-hydrogen) atoms. The van der Waals surface area contributed by atoms with E-state index in [9.17, 15) is 8.78 Å². The molecule has 0 bridgehead atoms. The zero-order chi connectivity index (χ0) is 12.3. The van der Waals surface area contributed by atoms with Gasteiger partial charge in [0.25, 0.3) is 0 Å². The first kappa shape index (κ1) is 12.1. The highest BCUT2D eigenvalue weighted by Crippen LogP contribution is 2.12. The zero-order valence-electron chi connectivity index (χ0n) is 9.23. The lowest BCUT2D eigenvalue weighted by Crippen LogP contribution is -2.16. The predicted molar refractivity (Wildman–Crippen MR) is 60.9 cm³/mol. The molecule has 4 nitrogen and oxygen atoms in total. The molecule has 0 aliphatic rings. The monoisotopic (exact) mass is 258 g/mol.